The van der Waals surface area contributed by atoms with Gasteiger partial charge in [0.2, 0.25) is 0 Å². The zero-order valence-electron chi connectivity index (χ0n) is 8.67. The van der Waals surface area contributed by atoms with E-state index in [9.17, 15) is 10.1 Å². The molecule has 0 bridgehead atoms. The lowest BCUT2D eigenvalue weighted by atomic mass is 10.1. The Bertz CT molecular complexity index is 353. The van der Waals surface area contributed by atoms with Crippen LogP contribution in [0, 0.1) is 10.1 Å². The van der Waals surface area contributed by atoms with Crippen molar-refractivity contribution in [2.75, 3.05) is 6.54 Å². The van der Waals surface area contributed by atoms with Gasteiger partial charge in [0, 0.05) is 11.5 Å². The molecule has 1 heterocycles. The molecule has 4 nitrogen and oxygen atoms in total. The summed E-state index contributed by atoms with van der Waals surface area (Å²) in [5, 5.41) is 10.8. The Labute approximate surface area is 88.7 Å². The molecular weight excluding hydrogens is 192 g/mol. The minimum atomic E-state index is -0.507. The van der Waals surface area contributed by atoms with Gasteiger partial charge in [0.25, 0.3) is 6.17 Å². The Kier molecular flexibility index (Phi) is 2.68. The lowest BCUT2D eigenvalue weighted by molar-refractivity contribution is -0.507. The zero-order chi connectivity index (χ0) is 10.8. The predicted octanol–water partition coefficient (Wildman–Crippen LogP) is 2.06. The van der Waals surface area contributed by atoms with E-state index in [1.807, 2.05) is 42.2 Å². The van der Waals surface area contributed by atoms with Gasteiger partial charge >= 0.3 is 0 Å². The van der Waals surface area contributed by atoms with Crippen LogP contribution in [0.5, 0.6) is 0 Å². The van der Waals surface area contributed by atoms with Gasteiger partial charge in [0.15, 0.2) is 0 Å². The highest BCUT2D eigenvalue weighted by Crippen LogP contribution is 2.42. The summed E-state index contributed by atoms with van der Waals surface area (Å²) >= 11 is 0. The van der Waals surface area contributed by atoms with E-state index < -0.39 is 6.17 Å². The molecule has 1 saturated heterocycles. The first-order chi connectivity index (χ1) is 7.25. The molecule has 1 aliphatic rings. The highest BCUT2D eigenvalue weighted by molar-refractivity contribution is 5.25. The second kappa shape index (κ2) is 3.98. The van der Waals surface area contributed by atoms with E-state index in [1.165, 1.54) is 0 Å². The molecule has 0 aromatic heterocycles. The summed E-state index contributed by atoms with van der Waals surface area (Å²) in [6.07, 6.45) is 0.445. The molecule has 80 valence electrons. The number of hydrogen-bond donors (Lipinski definition) is 0. The highest BCUT2D eigenvalue weighted by atomic mass is 16.6. The van der Waals surface area contributed by atoms with E-state index in [0.29, 0.717) is 0 Å². The topological polar surface area (TPSA) is 46.1 Å². The standard InChI is InChI=1S/C11H14N2O2/c1-2-8-12-10(11(12)13(14)15)9-6-4-3-5-7-9/h3-7,10-11H,2,8H2,1H3/t10-,11-,12?/m1/s1. The molecule has 0 N–H and O–H groups in total. The Morgan fingerprint density at radius 2 is 2.07 bits per heavy atom. The fourth-order valence-electron chi connectivity index (χ4n) is 2.04. The maximum atomic E-state index is 10.8. The molecule has 2 rings (SSSR count). The van der Waals surface area contributed by atoms with Crippen molar-refractivity contribution in [3.05, 3.63) is 46.0 Å². The van der Waals surface area contributed by atoms with E-state index in [-0.39, 0.29) is 11.0 Å². The van der Waals surface area contributed by atoms with Crippen LogP contribution in [-0.2, 0) is 0 Å². The normalized spacial score (nSPS) is 28.7. The quantitative estimate of drug-likeness (QED) is 0.430. The molecule has 15 heavy (non-hydrogen) atoms. The Hall–Kier alpha value is -1.42. The van der Waals surface area contributed by atoms with E-state index in [2.05, 4.69) is 0 Å². The van der Waals surface area contributed by atoms with Crippen molar-refractivity contribution in [1.29, 1.82) is 0 Å². The number of benzene rings is 1. The van der Waals surface area contributed by atoms with Gasteiger partial charge in [-0.2, -0.15) is 0 Å². The van der Waals surface area contributed by atoms with Gasteiger partial charge in [-0.05, 0) is 12.0 Å². The van der Waals surface area contributed by atoms with Gasteiger partial charge in [-0.3, -0.25) is 10.1 Å². The molecule has 0 aliphatic carbocycles. The highest BCUT2D eigenvalue weighted by Gasteiger charge is 2.57. The summed E-state index contributed by atoms with van der Waals surface area (Å²) in [6, 6.07) is 9.68. The summed E-state index contributed by atoms with van der Waals surface area (Å²) in [7, 11) is 0. The van der Waals surface area contributed by atoms with Crippen LogP contribution in [0.15, 0.2) is 30.3 Å². The van der Waals surface area contributed by atoms with E-state index in [1.54, 1.807) is 0 Å². The number of nitrogens with zero attached hydrogens (tertiary/aromatic N) is 2. The molecular formula is C11H14N2O2. The Morgan fingerprint density at radius 3 is 2.60 bits per heavy atom. The van der Waals surface area contributed by atoms with Crippen LogP contribution < -0.4 is 0 Å². The van der Waals surface area contributed by atoms with E-state index in [0.717, 1.165) is 18.5 Å². The van der Waals surface area contributed by atoms with Crippen molar-refractivity contribution in [1.82, 2.24) is 4.90 Å². The van der Waals surface area contributed by atoms with Crippen LogP contribution in [0.2, 0.25) is 0 Å². The molecule has 4 heteroatoms. The Balaban J connectivity index is 2.14. The largest absolute Gasteiger partial charge is 0.289 e. The second-order valence-corrected chi connectivity index (χ2v) is 3.79. The summed E-state index contributed by atoms with van der Waals surface area (Å²) < 4.78 is 0. The number of hydrogen-bond acceptors (Lipinski definition) is 3. The molecule has 0 radical (unpaired) electrons. The van der Waals surface area contributed by atoms with Gasteiger partial charge in [0.1, 0.15) is 6.04 Å². The zero-order valence-corrected chi connectivity index (χ0v) is 8.67. The minimum absolute atomic E-state index is 0.0128. The molecule has 1 fully saturated rings. The first kappa shape index (κ1) is 10.1. The molecule has 0 amide bonds. The fourth-order valence-corrected chi connectivity index (χ4v) is 2.04. The monoisotopic (exact) mass is 206 g/mol. The SMILES string of the molecule is CCCN1[C@H](c2ccccc2)[C@H]1[N+](=O)[O-]. The minimum Gasteiger partial charge on any atom is -0.263 e. The van der Waals surface area contributed by atoms with Crippen molar-refractivity contribution in [3.63, 3.8) is 0 Å². The first-order valence-corrected chi connectivity index (χ1v) is 5.20. The Morgan fingerprint density at radius 1 is 1.40 bits per heavy atom. The van der Waals surface area contributed by atoms with Gasteiger partial charge in [-0.25, -0.2) is 4.90 Å². The van der Waals surface area contributed by atoms with Crippen LogP contribution in [0.25, 0.3) is 0 Å². The number of nitro groups is 1. The van der Waals surface area contributed by atoms with Gasteiger partial charge in [0.05, 0.1) is 0 Å². The molecule has 1 aliphatic heterocycles. The molecule has 1 aromatic rings. The average Bonchev–Trinajstić information content (AvgIpc) is 2.94. The fraction of sp³-hybridized carbons (Fsp3) is 0.455. The van der Waals surface area contributed by atoms with Crippen molar-refractivity contribution in [2.45, 2.75) is 25.6 Å². The summed E-state index contributed by atoms with van der Waals surface area (Å²) in [5.74, 6) is 0. The van der Waals surface area contributed by atoms with Crippen LogP contribution >= 0.6 is 0 Å². The molecule has 1 aromatic carbocycles. The lowest BCUT2D eigenvalue weighted by Gasteiger charge is -1.97. The third-order valence-electron chi connectivity index (χ3n) is 2.73. The lowest BCUT2D eigenvalue weighted by Crippen LogP contribution is -2.10. The van der Waals surface area contributed by atoms with Crippen molar-refractivity contribution in [2.24, 2.45) is 0 Å². The summed E-state index contributed by atoms with van der Waals surface area (Å²) in [4.78, 5) is 12.5. The van der Waals surface area contributed by atoms with Crippen molar-refractivity contribution in [3.8, 4) is 0 Å². The van der Waals surface area contributed by atoms with Gasteiger partial charge in [-0.1, -0.05) is 37.3 Å². The van der Waals surface area contributed by atoms with Crippen LogP contribution in [0.3, 0.4) is 0 Å². The molecule has 3 atom stereocenters. The molecule has 0 saturated carbocycles. The summed E-state index contributed by atoms with van der Waals surface area (Å²) in [5.41, 5.74) is 1.05. The van der Waals surface area contributed by atoms with Gasteiger partial charge < -0.3 is 0 Å². The first-order valence-electron chi connectivity index (χ1n) is 5.20. The van der Waals surface area contributed by atoms with Crippen molar-refractivity contribution < 1.29 is 4.92 Å². The van der Waals surface area contributed by atoms with Crippen LogP contribution in [0.4, 0.5) is 0 Å². The molecule has 0 spiro atoms. The molecule has 1 unspecified atom stereocenters. The maximum absolute atomic E-state index is 10.8. The number of rotatable bonds is 4. The maximum Gasteiger partial charge on any atom is 0.289 e. The van der Waals surface area contributed by atoms with E-state index in [4.69, 9.17) is 0 Å². The van der Waals surface area contributed by atoms with Crippen LogP contribution in [-0.4, -0.2) is 22.5 Å². The van der Waals surface area contributed by atoms with Gasteiger partial charge in [-0.15, -0.1) is 0 Å². The predicted molar refractivity (Wildman–Crippen MR) is 57.0 cm³/mol. The smallest absolute Gasteiger partial charge is 0.263 e. The van der Waals surface area contributed by atoms with Crippen LogP contribution in [0.1, 0.15) is 24.9 Å². The third kappa shape index (κ3) is 1.85. The summed E-state index contributed by atoms with van der Waals surface area (Å²) in [6.45, 7) is 2.84. The second-order valence-electron chi connectivity index (χ2n) is 3.79. The van der Waals surface area contributed by atoms with E-state index >= 15 is 0 Å². The average molecular weight is 206 g/mol. The van der Waals surface area contributed by atoms with Crippen molar-refractivity contribution >= 4 is 0 Å². The third-order valence-corrected chi connectivity index (χ3v) is 2.73.